The Bertz CT molecular complexity index is 574. The van der Waals surface area contributed by atoms with E-state index in [1.54, 1.807) is 13.3 Å². The Kier molecular flexibility index (Phi) is 3.39. The number of nitrogens with zero attached hydrogens (tertiary/aromatic N) is 4. The van der Waals surface area contributed by atoms with Gasteiger partial charge in [-0.25, -0.2) is 9.97 Å². The van der Waals surface area contributed by atoms with Crippen molar-refractivity contribution >= 4 is 11.5 Å². The van der Waals surface area contributed by atoms with E-state index in [-0.39, 0.29) is 0 Å². The number of methoxy groups -OCH3 is 1. The molecule has 0 radical (unpaired) electrons. The summed E-state index contributed by atoms with van der Waals surface area (Å²) in [6.45, 7) is 0. The molecule has 0 aliphatic heterocycles. The molecule has 0 aliphatic carbocycles. The van der Waals surface area contributed by atoms with Crippen LogP contribution >= 0.6 is 0 Å². The minimum Gasteiger partial charge on any atom is -0.497 e. The van der Waals surface area contributed by atoms with Gasteiger partial charge in [-0.05, 0) is 12.1 Å². The molecule has 1 heterocycles. The van der Waals surface area contributed by atoms with Crippen molar-refractivity contribution in [2.45, 2.75) is 0 Å². The Hall–Kier alpha value is -2.61. The molecule has 0 unspecified atom stereocenters. The van der Waals surface area contributed by atoms with Crippen molar-refractivity contribution in [3.05, 3.63) is 42.4 Å². The van der Waals surface area contributed by atoms with Crippen LogP contribution in [0.4, 0.5) is 11.5 Å². The molecule has 0 aliphatic rings. The average Bonchev–Trinajstić information content (AvgIpc) is 2.46. The van der Waals surface area contributed by atoms with Crippen molar-refractivity contribution in [1.29, 1.82) is 5.26 Å². The van der Waals surface area contributed by atoms with Crippen LogP contribution in [-0.2, 0) is 0 Å². The quantitative estimate of drug-likeness (QED) is 0.822. The number of ether oxygens (including phenoxy) is 1. The first-order valence-electron chi connectivity index (χ1n) is 5.34. The third-order valence-corrected chi connectivity index (χ3v) is 2.54. The summed E-state index contributed by atoms with van der Waals surface area (Å²) in [5.41, 5.74) is 1.24. The Labute approximate surface area is 105 Å². The summed E-state index contributed by atoms with van der Waals surface area (Å²) in [6, 6.07) is 9.57. The maximum atomic E-state index is 8.67. The SMILES string of the molecule is COc1cccc(N(C)c2cnc(C#N)cn2)c1. The van der Waals surface area contributed by atoms with Gasteiger partial charge < -0.3 is 9.64 Å². The number of benzene rings is 1. The van der Waals surface area contributed by atoms with Gasteiger partial charge in [-0.3, -0.25) is 0 Å². The largest absolute Gasteiger partial charge is 0.497 e. The Morgan fingerprint density at radius 1 is 1.28 bits per heavy atom. The van der Waals surface area contributed by atoms with Crippen LogP contribution in [0.1, 0.15) is 5.69 Å². The van der Waals surface area contributed by atoms with Crippen molar-refractivity contribution in [3.63, 3.8) is 0 Å². The summed E-state index contributed by atoms with van der Waals surface area (Å²) >= 11 is 0. The van der Waals surface area contributed by atoms with Crippen molar-refractivity contribution in [3.8, 4) is 11.8 Å². The molecular formula is C13H12N4O. The van der Waals surface area contributed by atoms with Gasteiger partial charge in [-0.15, -0.1) is 0 Å². The van der Waals surface area contributed by atoms with Crippen LogP contribution in [0.5, 0.6) is 5.75 Å². The van der Waals surface area contributed by atoms with Gasteiger partial charge in [0.05, 0.1) is 19.5 Å². The zero-order valence-corrected chi connectivity index (χ0v) is 10.2. The van der Waals surface area contributed by atoms with E-state index in [1.807, 2.05) is 42.3 Å². The molecule has 5 heteroatoms. The summed E-state index contributed by atoms with van der Waals surface area (Å²) in [5, 5.41) is 8.67. The lowest BCUT2D eigenvalue weighted by Gasteiger charge is -2.18. The molecule has 18 heavy (non-hydrogen) atoms. The fourth-order valence-corrected chi connectivity index (χ4v) is 1.50. The molecule has 0 saturated carbocycles. The first-order valence-corrected chi connectivity index (χ1v) is 5.34. The highest BCUT2D eigenvalue weighted by atomic mass is 16.5. The molecule has 0 spiro atoms. The number of hydrogen-bond acceptors (Lipinski definition) is 5. The number of anilines is 2. The first kappa shape index (κ1) is 11.9. The Morgan fingerprint density at radius 2 is 2.11 bits per heavy atom. The Morgan fingerprint density at radius 3 is 2.72 bits per heavy atom. The molecule has 0 bridgehead atoms. The molecule has 0 atom stereocenters. The predicted molar refractivity (Wildman–Crippen MR) is 67.8 cm³/mol. The normalized spacial score (nSPS) is 9.61. The minimum atomic E-state index is 0.304. The van der Waals surface area contributed by atoms with Gasteiger partial charge in [0.1, 0.15) is 11.8 Å². The summed E-state index contributed by atoms with van der Waals surface area (Å²) in [6.07, 6.45) is 3.02. The minimum absolute atomic E-state index is 0.304. The molecule has 2 rings (SSSR count). The third kappa shape index (κ3) is 2.38. The van der Waals surface area contributed by atoms with Crippen LogP contribution in [0.3, 0.4) is 0 Å². The molecule has 90 valence electrons. The number of aromatic nitrogens is 2. The van der Waals surface area contributed by atoms with Gasteiger partial charge in [-0.1, -0.05) is 6.07 Å². The van der Waals surface area contributed by atoms with Gasteiger partial charge in [0.2, 0.25) is 0 Å². The maximum absolute atomic E-state index is 8.67. The van der Waals surface area contributed by atoms with Gasteiger partial charge in [-0.2, -0.15) is 5.26 Å². The van der Waals surface area contributed by atoms with Crippen LogP contribution in [0, 0.1) is 11.3 Å². The lowest BCUT2D eigenvalue weighted by molar-refractivity contribution is 0.415. The second-order valence-electron chi connectivity index (χ2n) is 3.63. The van der Waals surface area contributed by atoms with E-state index in [0.29, 0.717) is 11.5 Å². The summed E-state index contributed by atoms with van der Waals surface area (Å²) in [4.78, 5) is 10.0. The fraction of sp³-hybridized carbons (Fsp3) is 0.154. The smallest absolute Gasteiger partial charge is 0.158 e. The molecular weight excluding hydrogens is 228 g/mol. The van der Waals surface area contributed by atoms with Crippen molar-refractivity contribution in [1.82, 2.24) is 9.97 Å². The second kappa shape index (κ2) is 5.15. The number of rotatable bonds is 3. The zero-order valence-electron chi connectivity index (χ0n) is 10.2. The van der Waals surface area contributed by atoms with Gasteiger partial charge >= 0.3 is 0 Å². The van der Waals surface area contributed by atoms with Crippen molar-refractivity contribution in [2.24, 2.45) is 0 Å². The van der Waals surface area contributed by atoms with Crippen LogP contribution in [0.15, 0.2) is 36.7 Å². The van der Waals surface area contributed by atoms with Crippen LogP contribution in [0.2, 0.25) is 0 Å². The number of hydrogen-bond donors (Lipinski definition) is 0. The van der Waals surface area contributed by atoms with E-state index in [9.17, 15) is 0 Å². The van der Waals surface area contributed by atoms with E-state index in [4.69, 9.17) is 10.00 Å². The lowest BCUT2D eigenvalue weighted by atomic mass is 10.3. The van der Waals surface area contributed by atoms with Gasteiger partial charge in [0.15, 0.2) is 11.5 Å². The monoisotopic (exact) mass is 240 g/mol. The first-order chi connectivity index (χ1) is 8.74. The molecule has 5 nitrogen and oxygen atoms in total. The zero-order chi connectivity index (χ0) is 13.0. The van der Waals surface area contributed by atoms with E-state index in [2.05, 4.69) is 9.97 Å². The highest BCUT2D eigenvalue weighted by molar-refractivity contribution is 5.60. The van der Waals surface area contributed by atoms with E-state index in [0.717, 1.165) is 11.4 Å². The maximum Gasteiger partial charge on any atom is 0.158 e. The van der Waals surface area contributed by atoms with Gasteiger partial charge in [0, 0.05) is 18.8 Å². The van der Waals surface area contributed by atoms with E-state index < -0.39 is 0 Å². The fourth-order valence-electron chi connectivity index (χ4n) is 1.50. The van der Waals surface area contributed by atoms with Crippen molar-refractivity contribution < 1.29 is 4.74 Å². The van der Waals surface area contributed by atoms with Crippen LogP contribution in [-0.4, -0.2) is 24.1 Å². The number of nitriles is 1. The average molecular weight is 240 g/mol. The molecule has 2 aromatic rings. The summed E-state index contributed by atoms with van der Waals surface area (Å²) in [7, 11) is 3.51. The molecule has 0 amide bonds. The molecule has 0 saturated heterocycles. The molecule has 1 aromatic carbocycles. The van der Waals surface area contributed by atoms with Crippen molar-refractivity contribution in [2.75, 3.05) is 19.1 Å². The lowest BCUT2D eigenvalue weighted by Crippen LogP contribution is -2.11. The molecule has 0 N–H and O–H groups in total. The molecule has 1 aromatic heterocycles. The third-order valence-electron chi connectivity index (χ3n) is 2.54. The predicted octanol–water partition coefficient (Wildman–Crippen LogP) is 2.12. The van der Waals surface area contributed by atoms with E-state index >= 15 is 0 Å². The van der Waals surface area contributed by atoms with Crippen LogP contribution in [0.25, 0.3) is 0 Å². The van der Waals surface area contributed by atoms with Crippen LogP contribution < -0.4 is 9.64 Å². The summed E-state index contributed by atoms with van der Waals surface area (Å²) < 4.78 is 5.17. The van der Waals surface area contributed by atoms with Gasteiger partial charge in [0.25, 0.3) is 0 Å². The van der Waals surface area contributed by atoms with E-state index in [1.165, 1.54) is 6.20 Å². The standard InChI is InChI=1S/C13H12N4O/c1-17(11-4-3-5-12(6-11)18-2)13-9-15-10(7-14)8-16-13/h3-6,8-9H,1-2H3. The topological polar surface area (TPSA) is 62.0 Å². The second-order valence-corrected chi connectivity index (χ2v) is 3.63. The molecule has 0 fully saturated rings. The summed E-state index contributed by atoms with van der Waals surface area (Å²) in [5.74, 6) is 1.45. The Balaban J connectivity index is 2.29. The highest BCUT2D eigenvalue weighted by Gasteiger charge is 2.06. The highest BCUT2D eigenvalue weighted by Crippen LogP contribution is 2.24.